The molecular weight excluding hydrogens is 252 g/mol. The van der Waals surface area contributed by atoms with Crippen molar-refractivity contribution >= 4 is 23.5 Å². The van der Waals surface area contributed by atoms with Gasteiger partial charge in [-0.2, -0.15) is 0 Å². The fourth-order valence-corrected chi connectivity index (χ4v) is 2.17. The van der Waals surface area contributed by atoms with E-state index in [2.05, 4.69) is 15.0 Å². The molecule has 2 heterocycles. The first-order valence-electron chi connectivity index (χ1n) is 5.05. The normalized spacial score (nSPS) is 10.2. The molecule has 0 unspecified atom stereocenters. The Labute approximate surface area is 107 Å². The Bertz CT molecular complexity index is 576. The summed E-state index contributed by atoms with van der Waals surface area (Å²) in [6.45, 7) is 0. The van der Waals surface area contributed by atoms with Gasteiger partial charge in [-0.25, -0.2) is 14.8 Å². The zero-order chi connectivity index (χ0) is 13.0. The lowest BCUT2D eigenvalue weighted by molar-refractivity contribution is 0.0695. The molecule has 7 heteroatoms. The monoisotopic (exact) mass is 262 g/mol. The number of anilines is 1. The van der Waals surface area contributed by atoms with Gasteiger partial charge in [0.05, 0.1) is 11.3 Å². The number of hydrogen-bond acceptors (Lipinski definition) is 6. The van der Waals surface area contributed by atoms with Crippen molar-refractivity contribution in [1.82, 2.24) is 15.0 Å². The molecule has 0 aliphatic rings. The van der Waals surface area contributed by atoms with E-state index in [4.69, 9.17) is 10.8 Å². The predicted octanol–water partition coefficient (Wildman–Crippen LogP) is 1.44. The van der Waals surface area contributed by atoms with E-state index in [-0.39, 0.29) is 5.56 Å². The number of aromatic carboxylic acids is 1. The van der Waals surface area contributed by atoms with Gasteiger partial charge >= 0.3 is 5.97 Å². The molecular formula is C11H10N4O2S. The van der Waals surface area contributed by atoms with Crippen molar-refractivity contribution < 1.29 is 9.90 Å². The Morgan fingerprint density at radius 3 is 2.78 bits per heavy atom. The minimum Gasteiger partial charge on any atom is -0.478 e. The van der Waals surface area contributed by atoms with Gasteiger partial charge in [0.1, 0.15) is 5.03 Å². The van der Waals surface area contributed by atoms with Crippen LogP contribution in [0, 0.1) is 0 Å². The standard InChI is InChI=1S/C11H10N4O2S/c12-9-10(15-5-4-14-9)18-6-8-7(11(16)17)2-1-3-13-8/h1-5H,6H2,(H2,12,14)(H,16,17). The number of nitrogens with two attached hydrogens (primary N) is 1. The average Bonchev–Trinajstić information content (AvgIpc) is 2.38. The summed E-state index contributed by atoms with van der Waals surface area (Å²) in [5.74, 6) is -0.285. The fourth-order valence-electron chi connectivity index (χ4n) is 1.33. The molecule has 2 aromatic rings. The minimum atomic E-state index is -0.995. The predicted molar refractivity (Wildman–Crippen MR) is 67.2 cm³/mol. The highest BCUT2D eigenvalue weighted by atomic mass is 32.2. The molecule has 3 N–H and O–H groups in total. The maximum atomic E-state index is 11.0. The van der Waals surface area contributed by atoms with E-state index in [0.717, 1.165) is 0 Å². The zero-order valence-corrected chi connectivity index (χ0v) is 10.1. The Hall–Kier alpha value is -2.15. The van der Waals surface area contributed by atoms with Gasteiger partial charge in [-0.15, -0.1) is 0 Å². The molecule has 2 aromatic heterocycles. The quantitative estimate of drug-likeness (QED) is 0.804. The van der Waals surface area contributed by atoms with Crippen molar-refractivity contribution in [2.24, 2.45) is 0 Å². The maximum absolute atomic E-state index is 11.0. The Morgan fingerprint density at radius 2 is 2.06 bits per heavy atom. The highest BCUT2D eigenvalue weighted by molar-refractivity contribution is 7.98. The minimum absolute atomic E-state index is 0.187. The fraction of sp³-hybridized carbons (Fsp3) is 0.0909. The van der Waals surface area contributed by atoms with Crippen LogP contribution in [0.15, 0.2) is 35.7 Å². The third kappa shape index (κ3) is 2.75. The van der Waals surface area contributed by atoms with Crippen molar-refractivity contribution in [3.8, 4) is 0 Å². The van der Waals surface area contributed by atoms with Crippen LogP contribution in [-0.2, 0) is 5.75 Å². The maximum Gasteiger partial charge on any atom is 0.337 e. The molecule has 0 bridgehead atoms. The first-order valence-corrected chi connectivity index (χ1v) is 6.03. The Morgan fingerprint density at radius 1 is 1.28 bits per heavy atom. The van der Waals surface area contributed by atoms with E-state index in [0.29, 0.717) is 22.3 Å². The second-order valence-electron chi connectivity index (χ2n) is 3.34. The van der Waals surface area contributed by atoms with E-state index in [1.165, 1.54) is 30.2 Å². The molecule has 18 heavy (non-hydrogen) atoms. The Balaban J connectivity index is 2.16. The summed E-state index contributed by atoms with van der Waals surface area (Å²) in [5, 5.41) is 9.58. The number of nitrogen functional groups attached to an aromatic ring is 1. The molecule has 0 saturated carbocycles. The van der Waals surface area contributed by atoms with E-state index in [9.17, 15) is 4.79 Å². The molecule has 0 aliphatic heterocycles. The zero-order valence-electron chi connectivity index (χ0n) is 9.28. The lowest BCUT2D eigenvalue weighted by atomic mass is 10.2. The van der Waals surface area contributed by atoms with Crippen molar-refractivity contribution in [2.45, 2.75) is 10.8 Å². The van der Waals surface area contributed by atoms with Crippen molar-refractivity contribution in [2.75, 3.05) is 5.73 Å². The van der Waals surface area contributed by atoms with Gasteiger partial charge in [-0.05, 0) is 12.1 Å². The molecule has 0 aromatic carbocycles. The number of hydrogen-bond donors (Lipinski definition) is 2. The van der Waals surface area contributed by atoms with E-state index >= 15 is 0 Å². The van der Waals surface area contributed by atoms with Crippen LogP contribution in [0.1, 0.15) is 16.1 Å². The van der Waals surface area contributed by atoms with Crippen LogP contribution in [0.5, 0.6) is 0 Å². The highest BCUT2D eigenvalue weighted by Gasteiger charge is 2.11. The van der Waals surface area contributed by atoms with E-state index < -0.39 is 5.97 Å². The molecule has 0 spiro atoms. The van der Waals surface area contributed by atoms with Crippen LogP contribution < -0.4 is 5.73 Å². The summed E-state index contributed by atoms with van der Waals surface area (Å²) in [5.41, 5.74) is 6.33. The number of pyridine rings is 1. The van der Waals surface area contributed by atoms with Crippen LogP contribution in [-0.4, -0.2) is 26.0 Å². The third-order valence-corrected chi connectivity index (χ3v) is 3.16. The highest BCUT2D eigenvalue weighted by Crippen LogP contribution is 2.24. The SMILES string of the molecule is Nc1nccnc1SCc1ncccc1C(=O)O. The summed E-state index contributed by atoms with van der Waals surface area (Å²) >= 11 is 1.31. The van der Waals surface area contributed by atoms with E-state index in [1.54, 1.807) is 12.3 Å². The van der Waals surface area contributed by atoms with Crippen molar-refractivity contribution in [3.05, 3.63) is 42.0 Å². The van der Waals surface area contributed by atoms with Crippen LogP contribution in [0.25, 0.3) is 0 Å². The topological polar surface area (TPSA) is 102 Å². The van der Waals surface area contributed by atoms with Crippen LogP contribution in [0.2, 0.25) is 0 Å². The number of thioether (sulfide) groups is 1. The molecule has 0 atom stereocenters. The summed E-state index contributed by atoms with van der Waals surface area (Å²) in [4.78, 5) is 23.0. The summed E-state index contributed by atoms with van der Waals surface area (Å²) in [6, 6.07) is 3.11. The van der Waals surface area contributed by atoms with Crippen molar-refractivity contribution in [3.63, 3.8) is 0 Å². The molecule has 92 valence electrons. The summed E-state index contributed by atoms with van der Waals surface area (Å²) in [6.07, 6.45) is 4.60. The van der Waals surface area contributed by atoms with Gasteiger partial charge in [0.2, 0.25) is 0 Å². The van der Waals surface area contributed by atoms with Crippen molar-refractivity contribution in [1.29, 1.82) is 0 Å². The third-order valence-electron chi connectivity index (χ3n) is 2.16. The van der Waals surface area contributed by atoms with Gasteiger partial charge in [0.15, 0.2) is 5.82 Å². The second-order valence-corrected chi connectivity index (χ2v) is 4.30. The average molecular weight is 262 g/mol. The molecule has 2 rings (SSSR count). The van der Waals surface area contributed by atoms with Crippen LogP contribution in [0.4, 0.5) is 5.82 Å². The summed E-state index contributed by atoms with van der Waals surface area (Å²) < 4.78 is 0. The number of aromatic nitrogens is 3. The first kappa shape index (κ1) is 12.3. The molecule has 6 nitrogen and oxygen atoms in total. The van der Waals surface area contributed by atoms with Crippen LogP contribution in [0.3, 0.4) is 0 Å². The number of carboxylic acids is 1. The lowest BCUT2D eigenvalue weighted by Crippen LogP contribution is -2.03. The summed E-state index contributed by atoms with van der Waals surface area (Å²) in [7, 11) is 0. The number of nitrogens with zero attached hydrogens (tertiary/aromatic N) is 3. The number of rotatable bonds is 4. The number of carbonyl (C=O) groups is 1. The van der Waals surface area contributed by atoms with Gasteiger partial charge in [0.25, 0.3) is 0 Å². The lowest BCUT2D eigenvalue weighted by Gasteiger charge is -2.05. The van der Waals surface area contributed by atoms with Crippen LogP contribution >= 0.6 is 11.8 Å². The molecule has 0 amide bonds. The Kier molecular flexibility index (Phi) is 3.73. The van der Waals surface area contributed by atoms with Gasteiger partial charge in [-0.3, -0.25) is 4.98 Å². The number of carboxylic acid groups (broad SMARTS) is 1. The molecule has 0 aliphatic carbocycles. The molecule has 0 radical (unpaired) electrons. The molecule has 0 fully saturated rings. The smallest absolute Gasteiger partial charge is 0.337 e. The van der Waals surface area contributed by atoms with Gasteiger partial charge < -0.3 is 10.8 Å². The van der Waals surface area contributed by atoms with Gasteiger partial charge in [-0.1, -0.05) is 11.8 Å². The first-order chi connectivity index (χ1) is 8.68. The largest absolute Gasteiger partial charge is 0.478 e. The van der Waals surface area contributed by atoms with Gasteiger partial charge in [0, 0.05) is 24.3 Å². The van der Waals surface area contributed by atoms with E-state index in [1.807, 2.05) is 0 Å². The second kappa shape index (κ2) is 5.46. The molecule has 0 saturated heterocycles.